The highest BCUT2D eigenvalue weighted by Gasteiger charge is 2.34. The van der Waals surface area contributed by atoms with E-state index in [9.17, 15) is 4.79 Å². The van der Waals surface area contributed by atoms with Crippen LogP contribution in [0, 0.1) is 5.92 Å². The lowest BCUT2D eigenvalue weighted by atomic mass is 9.99. The van der Waals surface area contributed by atoms with Crippen molar-refractivity contribution in [3.8, 4) is 0 Å². The number of rotatable bonds is 4. The Hall–Kier alpha value is -1.35. The number of likely N-dealkylation sites (tertiary alicyclic amines) is 1. The van der Waals surface area contributed by atoms with Crippen molar-refractivity contribution in [2.45, 2.75) is 32.2 Å². The van der Waals surface area contributed by atoms with Crippen LogP contribution in [0.3, 0.4) is 0 Å². The van der Waals surface area contributed by atoms with E-state index in [-0.39, 0.29) is 11.8 Å². The van der Waals surface area contributed by atoms with Gasteiger partial charge >= 0.3 is 0 Å². The number of methoxy groups -OCH3 is 1. The molecule has 3 heteroatoms. The van der Waals surface area contributed by atoms with Gasteiger partial charge in [0.15, 0.2) is 0 Å². The number of ether oxygens (including phenoxy) is 1. The van der Waals surface area contributed by atoms with Crippen LogP contribution in [0.5, 0.6) is 0 Å². The van der Waals surface area contributed by atoms with Crippen molar-refractivity contribution in [2.75, 3.05) is 20.3 Å². The molecule has 1 amide bonds. The molecule has 3 nitrogen and oxygen atoms in total. The molecule has 0 aliphatic carbocycles. The third kappa shape index (κ3) is 3.16. The van der Waals surface area contributed by atoms with E-state index in [1.54, 1.807) is 7.11 Å². The lowest BCUT2D eigenvalue weighted by Gasteiger charge is -2.25. The monoisotopic (exact) mass is 261 g/mol. The van der Waals surface area contributed by atoms with Gasteiger partial charge in [0.25, 0.3) is 0 Å². The van der Waals surface area contributed by atoms with Gasteiger partial charge in [-0.1, -0.05) is 30.3 Å². The lowest BCUT2D eigenvalue weighted by molar-refractivity contribution is -0.133. The Bertz CT molecular complexity index is 418. The molecule has 0 radical (unpaired) electrons. The standard InChI is InChI=1S/C16H23NO2/c1-12-9-14(11-19-3)10-17(12)16(18)13(2)15-7-5-4-6-8-15/h4-8,12-14H,9-11H2,1-3H3/t12-,13?,14?/m1/s1. The van der Waals surface area contributed by atoms with Gasteiger partial charge in [-0.2, -0.15) is 0 Å². The molecule has 1 fully saturated rings. The van der Waals surface area contributed by atoms with E-state index in [1.807, 2.05) is 42.2 Å². The Balaban J connectivity index is 2.04. The maximum absolute atomic E-state index is 12.6. The number of nitrogens with zero attached hydrogens (tertiary/aromatic N) is 1. The van der Waals surface area contributed by atoms with Crippen molar-refractivity contribution in [3.05, 3.63) is 35.9 Å². The molecular formula is C16H23NO2. The fourth-order valence-corrected chi connectivity index (χ4v) is 2.94. The summed E-state index contributed by atoms with van der Waals surface area (Å²) < 4.78 is 5.21. The average Bonchev–Trinajstić information content (AvgIpc) is 2.79. The molecule has 0 spiro atoms. The predicted molar refractivity (Wildman–Crippen MR) is 76.0 cm³/mol. The maximum Gasteiger partial charge on any atom is 0.230 e. The fourth-order valence-electron chi connectivity index (χ4n) is 2.94. The molecule has 1 aliphatic rings. The second kappa shape index (κ2) is 6.20. The molecule has 0 N–H and O–H groups in total. The van der Waals surface area contributed by atoms with Crippen LogP contribution in [-0.2, 0) is 9.53 Å². The van der Waals surface area contributed by atoms with Crippen molar-refractivity contribution in [1.29, 1.82) is 0 Å². The predicted octanol–water partition coefficient (Wildman–Crippen LogP) is 2.67. The Morgan fingerprint density at radius 3 is 2.74 bits per heavy atom. The largest absolute Gasteiger partial charge is 0.384 e. The van der Waals surface area contributed by atoms with E-state index in [0.717, 1.165) is 25.1 Å². The Morgan fingerprint density at radius 2 is 2.11 bits per heavy atom. The zero-order valence-electron chi connectivity index (χ0n) is 12.0. The minimum atomic E-state index is -0.0649. The second-order valence-electron chi connectivity index (χ2n) is 5.53. The molecule has 2 rings (SSSR count). The van der Waals surface area contributed by atoms with E-state index in [4.69, 9.17) is 4.74 Å². The van der Waals surface area contributed by atoms with Crippen molar-refractivity contribution in [3.63, 3.8) is 0 Å². The van der Waals surface area contributed by atoms with E-state index >= 15 is 0 Å². The summed E-state index contributed by atoms with van der Waals surface area (Å²) >= 11 is 0. The van der Waals surface area contributed by atoms with Crippen molar-refractivity contribution in [1.82, 2.24) is 4.90 Å². The molecule has 1 aromatic carbocycles. The molecule has 0 saturated carbocycles. The summed E-state index contributed by atoms with van der Waals surface area (Å²) in [6.45, 7) is 5.69. The first-order chi connectivity index (χ1) is 9.13. The SMILES string of the molecule is COCC1C[C@@H](C)N(C(=O)C(C)c2ccccc2)C1. The molecule has 104 valence electrons. The molecular weight excluding hydrogens is 238 g/mol. The summed E-state index contributed by atoms with van der Waals surface area (Å²) in [7, 11) is 1.72. The molecule has 2 unspecified atom stereocenters. The highest BCUT2D eigenvalue weighted by Crippen LogP contribution is 2.27. The zero-order chi connectivity index (χ0) is 13.8. The van der Waals surface area contributed by atoms with Gasteiger partial charge in [-0.25, -0.2) is 0 Å². The fraction of sp³-hybridized carbons (Fsp3) is 0.562. The number of carbonyl (C=O) groups is 1. The normalized spacial score (nSPS) is 24.5. The van der Waals surface area contributed by atoms with Crippen LogP contribution in [0.1, 0.15) is 31.7 Å². The summed E-state index contributed by atoms with van der Waals surface area (Å²) in [5.74, 6) is 0.647. The Kier molecular flexibility index (Phi) is 4.59. The number of amides is 1. The van der Waals surface area contributed by atoms with Crippen LogP contribution in [-0.4, -0.2) is 37.1 Å². The summed E-state index contributed by atoms with van der Waals surface area (Å²) in [5, 5.41) is 0. The topological polar surface area (TPSA) is 29.5 Å². The summed E-state index contributed by atoms with van der Waals surface area (Å²) in [6.07, 6.45) is 1.04. The maximum atomic E-state index is 12.6. The highest BCUT2D eigenvalue weighted by molar-refractivity contribution is 5.83. The van der Waals surface area contributed by atoms with Gasteiger partial charge in [0, 0.05) is 25.6 Å². The Morgan fingerprint density at radius 1 is 1.42 bits per heavy atom. The first-order valence-corrected chi connectivity index (χ1v) is 6.97. The van der Waals surface area contributed by atoms with Gasteiger partial charge in [0.05, 0.1) is 12.5 Å². The Labute approximate surface area is 115 Å². The summed E-state index contributed by atoms with van der Waals surface area (Å²) in [6, 6.07) is 10.3. The van der Waals surface area contributed by atoms with E-state index in [1.165, 1.54) is 0 Å². The van der Waals surface area contributed by atoms with Crippen LogP contribution in [0.15, 0.2) is 30.3 Å². The minimum Gasteiger partial charge on any atom is -0.384 e. The molecule has 1 aromatic rings. The van der Waals surface area contributed by atoms with Crippen LogP contribution < -0.4 is 0 Å². The molecule has 3 atom stereocenters. The van der Waals surface area contributed by atoms with Gasteiger partial charge < -0.3 is 9.64 Å². The molecule has 1 aliphatic heterocycles. The molecule has 1 heterocycles. The average molecular weight is 261 g/mol. The van der Waals surface area contributed by atoms with Crippen molar-refractivity contribution >= 4 is 5.91 Å². The summed E-state index contributed by atoms with van der Waals surface area (Å²) in [5.41, 5.74) is 1.09. The second-order valence-corrected chi connectivity index (χ2v) is 5.53. The van der Waals surface area contributed by atoms with Gasteiger partial charge in [-0.3, -0.25) is 4.79 Å². The van der Waals surface area contributed by atoms with Gasteiger partial charge in [-0.05, 0) is 25.8 Å². The third-order valence-corrected chi connectivity index (χ3v) is 4.02. The van der Waals surface area contributed by atoms with Crippen molar-refractivity contribution in [2.24, 2.45) is 5.92 Å². The first kappa shape index (κ1) is 14.1. The molecule has 19 heavy (non-hydrogen) atoms. The number of benzene rings is 1. The number of hydrogen-bond donors (Lipinski definition) is 0. The zero-order valence-corrected chi connectivity index (χ0v) is 12.0. The smallest absolute Gasteiger partial charge is 0.230 e. The van der Waals surface area contributed by atoms with Gasteiger partial charge in [0.2, 0.25) is 5.91 Å². The molecule has 0 bridgehead atoms. The van der Waals surface area contributed by atoms with Crippen LogP contribution >= 0.6 is 0 Å². The van der Waals surface area contributed by atoms with Gasteiger partial charge in [-0.15, -0.1) is 0 Å². The first-order valence-electron chi connectivity index (χ1n) is 6.97. The quantitative estimate of drug-likeness (QED) is 0.834. The minimum absolute atomic E-state index is 0.0649. The number of carbonyl (C=O) groups excluding carboxylic acids is 1. The van der Waals surface area contributed by atoms with Crippen LogP contribution in [0.4, 0.5) is 0 Å². The highest BCUT2D eigenvalue weighted by atomic mass is 16.5. The lowest BCUT2D eigenvalue weighted by Crippen LogP contribution is -2.37. The van der Waals surface area contributed by atoms with E-state index in [0.29, 0.717) is 12.0 Å². The summed E-state index contributed by atoms with van der Waals surface area (Å²) in [4.78, 5) is 14.6. The van der Waals surface area contributed by atoms with Gasteiger partial charge in [0.1, 0.15) is 0 Å². The molecule has 0 aromatic heterocycles. The third-order valence-electron chi connectivity index (χ3n) is 4.02. The van der Waals surface area contributed by atoms with E-state index < -0.39 is 0 Å². The number of hydrogen-bond acceptors (Lipinski definition) is 2. The van der Waals surface area contributed by atoms with Crippen LogP contribution in [0.2, 0.25) is 0 Å². The van der Waals surface area contributed by atoms with E-state index in [2.05, 4.69) is 6.92 Å². The van der Waals surface area contributed by atoms with Crippen LogP contribution in [0.25, 0.3) is 0 Å². The van der Waals surface area contributed by atoms with Crippen molar-refractivity contribution < 1.29 is 9.53 Å². The molecule has 1 saturated heterocycles.